The number of para-hydroxylation sites is 1. The van der Waals surface area contributed by atoms with E-state index in [0.29, 0.717) is 12.3 Å². The quantitative estimate of drug-likeness (QED) is 0.247. The molecule has 0 spiro atoms. The zero-order chi connectivity index (χ0) is 26.3. The average Bonchev–Trinajstić information content (AvgIpc) is 3.10. The number of anilines is 1. The van der Waals surface area contributed by atoms with Gasteiger partial charge in [-0.05, 0) is 36.4 Å². The van der Waals surface area contributed by atoms with Gasteiger partial charge in [0.15, 0.2) is 8.06 Å². The normalized spacial score (nSPS) is 25.8. The molecule has 0 saturated carbocycles. The number of likely N-dealkylation sites (N-methyl/N-ethyl adjacent to an activating group) is 1. The number of aliphatic hydroxyl groups is 2. The Hall–Kier alpha value is -0.450. The van der Waals surface area contributed by atoms with Crippen LogP contribution in [0.15, 0.2) is 54.6 Å². The number of benzene rings is 2. The van der Waals surface area contributed by atoms with Gasteiger partial charge in [-0.25, -0.2) is 0 Å². The summed E-state index contributed by atoms with van der Waals surface area (Å²) in [5.41, 5.74) is 0.891. The Bertz CT molecular complexity index is 990. The van der Waals surface area contributed by atoms with E-state index < -0.39 is 47.1 Å². The van der Waals surface area contributed by atoms with Crippen molar-refractivity contribution in [2.75, 3.05) is 38.9 Å². The Balaban J connectivity index is 1.43. The molecule has 15 heteroatoms. The van der Waals surface area contributed by atoms with Gasteiger partial charge in [0.25, 0.3) is 7.06 Å². The van der Waals surface area contributed by atoms with E-state index in [2.05, 4.69) is 0 Å². The van der Waals surface area contributed by atoms with Gasteiger partial charge < -0.3 is 43.4 Å². The first-order chi connectivity index (χ1) is 17.1. The standard InChI is InChI=1S/C21H32NO9P5/c1-22(15-9-11-16(28-2)12-10-15)13-18-20(23)21(24)19(30-18)14-29-34(25)32-35(26)33-36(3,27)31-17-7-5-4-6-8-17/h4-12,18-21,23-26,32-33H,13-14H2,1-3H3/t18?,19-,20+,21-,34?,35?,36?/m1/s1. The molecule has 0 amide bonds. The van der Waals surface area contributed by atoms with Crippen LogP contribution in [0.2, 0.25) is 0 Å². The molecule has 4 N–H and O–H groups in total. The number of nitrogens with zero attached hydrogens (tertiary/aromatic N) is 1. The highest BCUT2D eigenvalue weighted by Crippen LogP contribution is 2.87. The third kappa shape index (κ3) is 9.09. The van der Waals surface area contributed by atoms with Gasteiger partial charge in [-0.15, -0.1) is 0 Å². The smallest absolute Gasteiger partial charge is 0.267 e. The van der Waals surface area contributed by atoms with Gasteiger partial charge in [0.05, 0.1) is 21.2 Å². The summed E-state index contributed by atoms with van der Waals surface area (Å²) in [6.45, 7) is 1.64. The number of hydrogen-bond donors (Lipinski definition) is 4. The van der Waals surface area contributed by atoms with Crippen molar-refractivity contribution in [1.29, 1.82) is 0 Å². The maximum atomic E-state index is 12.7. The molecule has 6 unspecified atom stereocenters. The summed E-state index contributed by atoms with van der Waals surface area (Å²) in [6.07, 6.45) is -3.80. The molecule has 2 aromatic rings. The number of methoxy groups -OCH3 is 1. The predicted molar refractivity (Wildman–Crippen MR) is 148 cm³/mol. The molecule has 0 aromatic heterocycles. The first-order valence-corrected chi connectivity index (χ1v) is 20.9. The van der Waals surface area contributed by atoms with Crippen molar-refractivity contribution in [2.24, 2.45) is 0 Å². The lowest BCUT2D eigenvalue weighted by atomic mass is 10.1. The second kappa shape index (κ2) is 14.1. The minimum atomic E-state index is -3.09. The van der Waals surface area contributed by atoms with Crippen LogP contribution in [0.4, 0.5) is 5.69 Å². The summed E-state index contributed by atoms with van der Waals surface area (Å²) in [6, 6.07) is 16.1. The summed E-state index contributed by atoms with van der Waals surface area (Å²) >= 11 is 0. The zero-order valence-electron chi connectivity index (χ0n) is 20.0. The third-order valence-electron chi connectivity index (χ3n) is 5.27. The van der Waals surface area contributed by atoms with Crippen LogP contribution in [-0.4, -0.2) is 78.4 Å². The molecule has 1 saturated heterocycles. The summed E-state index contributed by atoms with van der Waals surface area (Å²) < 4.78 is 34.7. The monoisotopic (exact) mass is 597 g/mol. The van der Waals surface area contributed by atoms with Crippen molar-refractivity contribution in [3.05, 3.63) is 54.6 Å². The first kappa shape index (κ1) is 30.1. The SMILES string of the molecule is COc1ccc(N(C)CC2O[C@H](COP(O)PP(O)PP(C)(=O)Oc3ccccc3)[C@@H](O)[C@H]2O)cc1. The van der Waals surface area contributed by atoms with Gasteiger partial charge in [-0.2, -0.15) is 0 Å². The van der Waals surface area contributed by atoms with Crippen LogP contribution in [0.5, 0.6) is 11.5 Å². The fourth-order valence-corrected chi connectivity index (χ4v) is 25.3. The highest BCUT2D eigenvalue weighted by atomic mass is 32.8. The van der Waals surface area contributed by atoms with Crippen LogP contribution in [0.25, 0.3) is 0 Å². The lowest BCUT2D eigenvalue weighted by Gasteiger charge is -2.25. The number of ether oxygens (including phenoxy) is 2. The van der Waals surface area contributed by atoms with Gasteiger partial charge in [-0.1, -0.05) is 18.2 Å². The van der Waals surface area contributed by atoms with Crippen molar-refractivity contribution in [2.45, 2.75) is 24.4 Å². The van der Waals surface area contributed by atoms with Crippen molar-refractivity contribution >= 4 is 44.3 Å². The molecule has 1 fully saturated rings. The Labute approximate surface area is 216 Å². The maximum Gasteiger partial charge on any atom is 0.267 e. The molecule has 1 aliphatic rings. The second-order valence-corrected chi connectivity index (χ2v) is 24.1. The summed E-state index contributed by atoms with van der Waals surface area (Å²) in [5.74, 6) is 1.19. The summed E-state index contributed by atoms with van der Waals surface area (Å²) in [4.78, 5) is 22.6. The summed E-state index contributed by atoms with van der Waals surface area (Å²) in [5, 5.41) is 20.9. The van der Waals surface area contributed by atoms with Gasteiger partial charge in [0, 0.05) is 41.9 Å². The van der Waals surface area contributed by atoms with Crippen molar-refractivity contribution < 1.29 is 43.1 Å². The zero-order valence-corrected chi connectivity index (χ0v) is 24.7. The Morgan fingerprint density at radius 1 is 1.03 bits per heavy atom. The lowest BCUT2D eigenvalue weighted by Crippen LogP contribution is -2.39. The minimum Gasteiger partial charge on any atom is -0.497 e. The van der Waals surface area contributed by atoms with Crippen LogP contribution in [-0.2, 0) is 13.8 Å². The average molecular weight is 597 g/mol. The van der Waals surface area contributed by atoms with Crippen LogP contribution in [0, 0.1) is 0 Å². The molecule has 36 heavy (non-hydrogen) atoms. The number of hydrogen-bond acceptors (Lipinski definition) is 10. The minimum absolute atomic E-state index is 0.146. The van der Waals surface area contributed by atoms with Crippen molar-refractivity contribution in [3.8, 4) is 11.5 Å². The Morgan fingerprint density at radius 3 is 2.31 bits per heavy atom. The van der Waals surface area contributed by atoms with Gasteiger partial charge in [0.2, 0.25) is 0 Å². The van der Waals surface area contributed by atoms with Crippen LogP contribution >= 0.6 is 38.6 Å². The molecule has 0 aliphatic carbocycles. The molecule has 3 rings (SSSR count). The van der Waals surface area contributed by atoms with E-state index in [1.54, 1.807) is 31.4 Å². The summed E-state index contributed by atoms with van der Waals surface area (Å²) in [7, 11) is -4.11. The second-order valence-electron chi connectivity index (χ2n) is 8.10. The molecule has 0 bridgehead atoms. The topological polar surface area (TPSA) is 138 Å². The van der Waals surface area contributed by atoms with E-state index >= 15 is 0 Å². The van der Waals surface area contributed by atoms with Crippen LogP contribution in [0.3, 0.4) is 0 Å². The molecule has 1 aliphatic heterocycles. The highest BCUT2D eigenvalue weighted by molar-refractivity contribution is 8.76. The van der Waals surface area contributed by atoms with Crippen LogP contribution < -0.4 is 14.2 Å². The van der Waals surface area contributed by atoms with E-state index in [4.69, 9.17) is 18.5 Å². The molecular formula is C21H32NO9P5. The van der Waals surface area contributed by atoms with Crippen molar-refractivity contribution in [3.63, 3.8) is 0 Å². The predicted octanol–water partition coefficient (Wildman–Crippen LogP) is 4.33. The Kier molecular flexibility index (Phi) is 11.8. The van der Waals surface area contributed by atoms with Gasteiger partial charge in [0.1, 0.15) is 35.9 Å². The molecule has 0 radical (unpaired) electrons. The fraction of sp³-hybridized carbons (Fsp3) is 0.429. The van der Waals surface area contributed by atoms with E-state index in [1.807, 2.05) is 42.3 Å². The van der Waals surface area contributed by atoms with E-state index in [-0.39, 0.29) is 22.5 Å². The van der Waals surface area contributed by atoms with E-state index in [1.165, 1.54) is 6.66 Å². The molecule has 1 heterocycles. The van der Waals surface area contributed by atoms with Crippen molar-refractivity contribution in [1.82, 2.24) is 0 Å². The molecule has 10 nitrogen and oxygen atoms in total. The molecule has 9 atom stereocenters. The lowest BCUT2D eigenvalue weighted by molar-refractivity contribution is -0.0124. The molecule has 2 aromatic carbocycles. The van der Waals surface area contributed by atoms with Gasteiger partial charge in [-0.3, -0.25) is 4.57 Å². The fourth-order valence-electron chi connectivity index (χ4n) is 3.48. The first-order valence-electron chi connectivity index (χ1n) is 10.9. The third-order valence-corrected chi connectivity index (χ3v) is 24.2. The van der Waals surface area contributed by atoms with E-state index in [9.17, 15) is 24.6 Å². The Morgan fingerprint density at radius 2 is 1.67 bits per heavy atom. The van der Waals surface area contributed by atoms with E-state index in [0.717, 1.165) is 11.4 Å². The van der Waals surface area contributed by atoms with Gasteiger partial charge >= 0.3 is 0 Å². The largest absolute Gasteiger partial charge is 0.497 e. The maximum absolute atomic E-state index is 12.7. The number of rotatable bonds is 13. The molecular weight excluding hydrogens is 565 g/mol. The number of aliphatic hydroxyl groups excluding tert-OH is 2. The molecule has 200 valence electrons. The van der Waals surface area contributed by atoms with Crippen LogP contribution in [0.1, 0.15) is 0 Å². The highest BCUT2D eigenvalue weighted by Gasteiger charge is 2.43.